The van der Waals surface area contributed by atoms with E-state index in [1.165, 1.54) is 36.8 Å². The summed E-state index contributed by atoms with van der Waals surface area (Å²) in [5, 5.41) is 0. The molecule has 5 unspecified atom stereocenters. The first-order chi connectivity index (χ1) is 17.9. The third kappa shape index (κ3) is 3.10. The number of hydrogen-bond donors (Lipinski definition) is 0. The second-order valence-electron chi connectivity index (χ2n) is 15.0. The maximum absolute atomic E-state index is 2.71. The van der Waals surface area contributed by atoms with E-state index in [2.05, 4.69) is 117 Å². The van der Waals surface area contributed by atoms with Crippen LogP contribution in [0.15, 0.2) is 76.9 Å². The van der Waals surface area contributed by atoms with Crippen molar-refractivity contribution in [1.82, 2.24) is 0 Å². The summed E-state index contributed by atoms with van der Waals surface area (Å²) in [5.74, 6) is 2.21. The highest BCUT2D eigenvalue weighted by molar-refractivity contribution is 5.92. The van der Waals surface area contributed by atoms with Crippen molar-refractivity contribution in [3.63, 3.8) is 0 Å². The van der Waals surface area contributed by atoms with E-state index in [0.29, 0.717) is 23.7 Å². The van der Waals surface area contributed by atoms with Gasteiger partial charge < -0.3 is 0 Å². The van der Waals surface area contributed by atoms with Crippen LogP contribution in [0.2, 0.25) is 0 Å². The molecule has 0 amide bonds. The minimum absolute atomic E-state index is 0.102. The summed E-state index contributed by atoms with van der Waals surface area (Å²) in [5.41, 5.74) is 12.0. The molecule has 0 heterocycles. The number of fused-ring (bicyclic) bond motifs is 6. The predicted molar refractivity (Wildman–Crippen MR) is 164 cm³/mol. The average molecular weight is 507 g/mol. The highest BCUT2D eigenvalue weighted by atomic mass is 14.7. The molecule has 1 aromatic rings. The highest BCUT2D eigenvalue weighted by Crippen LogP contribution is 2.77. The van der Waals surface area contributed by atoms with Crippen LogP contribution in [0.25, 0.3) is 5.57 Å². The van der Waals surface area contributed by atoms with Gasteiger partial charge in [0.15, 0.2) is 0 Å². The molecule has 0 saturated heterocycles. The Hall–Kier alpha value is -2.08. The highest BCUT2D eigenvalue weighted by Gasteiger charge is 2.69. The number of allylic oxidation sites excluding steroid dienone is 10. The third-order valence-corrected chi connectivity index (χ3v) is 13.5. The first kappa shape index (κ1) is 26.2. The van der Waals surface area contributed by atoms with Crippen LogP contribution in [0.5, 0.6) is 0 Å². The number of rotatable bonds is 4. The van der Waals surface area contributed by atoms with Gasteiger partial charge in [0.1, 0.15) is 0 Å². The molecule has 0 heteroatoms. The lowest BCUT2D eigenvalue weighted by molar-refractivity contribution is -0.166. The fraction of sp³-hybridized carbons (Fsp3) is 0.579. The number of hydrogen-bond acceptors (Lipinski definition) is 0. The van der Waals surface area contributed by atoms with Gasteiger partial charge in [-0.15, -0.1) is 0 Å². The minimum atomic E-state index is 0.102. The van der Waals surface area contributed by atoms with Gasteiger partial charge in [-0.25, -0.2) is 0 Å². The topological polar surface area (TPSA) is 0 Å². The maximum Gasteiger partial charge on any atom is 0.00210 e. The molecule has 6 rings (SSSR count). The van der Waals surface area contributed by atoms with Gasteiger partial charge in [-0.3, -0.25) is 0 Å². The van der Waals surface area contributed by atoms with Crippen molar-refractivity contribution < 1.29 is 0 Å². The molecule has 0 radical (unpaired) electrons. The van der Waals surface area contributed by atoms with Crippen molar-refractivity contribution in [3.05, 3.63) is 88.1 Å². The maximum atomic E-state index is 2.71. The smallest absolute Gasteiger partial charge is 0.00210 e. The van der Waals surface area contributed by atoms with E-state index in [0.717, 1.165) is 6.42 Å². The summed E-state index contributed by atoms with van der Waals surface area (Å²) in [6, 6.07) is 9.31. The molecular weight excluding hydrogens is 456 g/mol. The van der Waals surface area contributed by atoms with Crippen molar-refractivity contribution in [2.75, 3.05) is 0 Å². The molecule has 0 spiro atoms. The van der Waals surface area contributed by atoms with Crippen LogP contribution in [0.3, 0.4) is 0 Å². The summed E-state index contributed by atoms with van der Waals surface area (Å²) in [6.07, 6.45) is 18.9. The molecule has 0 nitrogen and oxygen atoms in total. The SMILES string of the molecule is CCCCC1=CC(C2CC=CC3=C4C(=C5C(C)C(C)(C)C(C)(C)C(C)(C)C5(C)C32)Cc2ccccc24)C=C1. The van der Waals surface area contributed by atoms with E-state index in [1.54, 1.807) is 27.9 Å². The lowest BCUT2D eigenvalue weighted by Gasteiger charge is -2.72. The van der Waals surface area contributed by atoms with Crippen LogP contribution in [0.1, 0.15) is 99.1 Å². The molecule has 38 heavy (non-hydrogen) atoms. The normalized spacial score (nSPS) is 35.6. The second kappa shape index (κ2) is 8.46. The van der Waals surface area contributed by atoms with Crippen molar-refractivity contribution in [3.8, 4) is 0 Å². The molecule has 0 aromatic heterocycles. The van der Waals surface area contributed by atoms with E-state index in [9.17, 15) is 0 Å². The molecular formula is C38H50. The standard InChI is InChI=1S/C38H50/c1-10-11-15-25-20-21-27(22-25)29-18-14-19-30-32-28-17-13-12-16-26(28)23-31(32)33-24(2)35(3,4)36(5,6)37(7,8)38(33,9)34(29)30/h12-14,16-17,19-22,24,27,29,34H,10-11,15,18,23H2,1-9H3. The fourth-order valence-corrected chi connectivity index (χ4v) is 9.78. The van der Waals surface area contributed by atoms with Gasteiger partial charge in [-0.2, -0.15) is 0 Å². The Bertz CT molecular complexity index is 1320. The number of unbranched alkanes of at least 4 members (excludes halogenated alkanes) is 1. The van der Waals surface area contributed by atoms with E-state index < -0.39 is 0 Å². The Morgan fingerprint density at radius 3 is 2.39 bits per heavy atom. The molecule has 0 aliphatic heterocycles. The molecule has 0 N–H and O–H groups in total. The molecule has 1 fully saturated rings. The Balaban J connectivity index is 1.62. The van der Waals surface area contributed by atoms with E-state index in [4.69, 9.17) is 0 Å². The molecule has 5 atom stereocenters. The Labute approximate surface area is 233 Å². The minimum Gasteiger partial charge on any atom is -0.0839 e. The predicted octanol–water partition coefficient (Wildman–Crippen LogP) is 10.5. The van der Waals surface area contributed by atoms with Crippen molar-refractivity contribution in [2.45, 2.75) is 94.4 Å². The lowest BCUT2D eigenvalue weighted by atomic mass is 9.32. The fourth-order valence-electron chi connectivity index (χ4n) is 9.78. The summed E-state index contributed by atoms with van der Waals surface area (Å²) < 4.78 is 0. The van der Waals surface area contributed by atoms with E-state index in [1.807, 2.05) is 0 Å². The van der Waals surface area contributed by atoms with Crippen LogP contribution >= 0.6 is 0 Å². The second-order valence-corrected chi connectivity index (χ2v) is 15.0. The van der Waals surface area contributed by atoms with Gasteiger partial charge in [0.2, 0.25) is 0 Å². The van der Waals surface area contributed by atoms with Crippen LogP contribution in [0, 0.1) is 45.3 Å². The molecule has 5 aliphatic rings. The van der Waals surface area contributed by atoms with E-state index >= 15 is 0 Å². The zero-order chi connectivity index (χ0) is 27.3. The van der Waals surface area contributed by atoms with Crippen LogP contribution in [-0.4, -0.2) is 0 Å². The Kier molecular flexibility index (Phi) is 5.82. The van der Waals surface area contributed by atoms with Crippen LogP contribution in [0.4, 0.5) is 0 Å². The monoisotopic (exact) mass is 506 g/mol. The average Bonchev–Trinajstić information content (AvgIpc) is 3.51. The van der Waals surface area contributed by atoms with Gasteiger partial charge in [-0.1, -0.05) is 135 Å². The van der Waals surface area contributed by atoms with Gasteiger partial charge in [0, 0.05) is 5.41 Å². The van der Waals surface area contributed by atoms with Crippen molar-refractivity contribution >= 4 is 5.57 Å². The van der Waals surface area contributed by atoms with Gasteiger partial charge in [-0.05, 0) is 93.4 Å². The van der Waals surface area contributed by atoms with Crippen molar-refractivity contribution in [1.29, 1.82) is 0 Å². The molecule has 202 valence electrons. The largest absolute Gasteiger partial charge is 0.0839 e. The lowest BCUT2D eigenvalue weighted by Crippen LogP contribution is -2.65. The third-order valence-electron chi connectivity index (χ3n) is 13.5. The quantitative estimate of drug-likeness (QED) is 0.381. The molecule has 1 aromatic carbocycles. The first-order valence-electron chi connectivity index (χ1n) is 15.5. The summed E-state index contributed by atoms with van der Waals surface area (Å²) in [4.78, 5) is 0. The van der Waals surface area contributed by atoms with E-state index in [-0.39, 0.29) is 21.7 Å². The van der Waals surface area contributed by atoms with Crippen LogP contribution < -0.4 is 0 Å². The molecule has 0 bridgehead atoms. The molecule has 5 aliphatic carbocycles. The zero-order valence-electron chi connectivity index (χ0n) is 25.5. The number of benzene rings is 1. The van der Waals surface area contributed by atoms with Crippen LogP contribution in [-0.2, 0) is 6.42 Å². The summed E-state index contributed by atoms with van der Waals surface area (Å²) >= 11 is 0. The van der Waals surface area contributed by atoms with Gasteiger partial charge in [0.25, 0.3) is 0 Å². The first-order valence-corrected chi connectivity index (χ1v) is 15.5. The van der Waals surface area contributed by atoms with Gasteiger partial charge in [0.05, 0.1) is 0 Å². The van der Waals surface area contributed by atoms with Gasteiger partial charge >= 0.3 is 0 Å². The Morgan fingerprint density at radius 2 is 1.66 bits per heavy atom. The summed E-state index contributed by atoms with van der Waals surface area (Å²) in [6.45, 7) is 23.2. The zero-order valence-corrected chi connectivity index (χ0v) is 25.5. The van der Waals surface area contributed by atoms with Crippen molar-refractivity contribution in [2.24, 2.45) is 45.3 Å². The Morgan fingerprint density at radius 1 is 0.921 bits per heavy atom. The summed E-state index contributed by atoms with van der Waals surface area (Å²) in [7, 11) is 0. The molecule has 1 saturated carbocycles.